The number of carbonyl (C=O) groups excluding carboxylic acids is 1. The third-order valence-corrected chi connectivity index (χ3v) is 4.69. The van der Waals surface area contributed by atoms with Crippen LogP contribution < -0.4 is 15.8 Å². The quantitative estimate of drug-likeness (QED) is 0.794. The SMILES string of the molecule is Cc1ccc(CNC(=O)C(C)(N)c2ccccc2)c(OC2CCOC2)c1.Cl. The summed E-state index contributed by atoms with van der Waals surface area (Å²) in [7, 11) is 0. The first-order chi connectivity index (χ1) is 12.5. The van der Waals surface area contributed by atoms with Gasteiger partial charge in [0.25, 0.3) is 0 Å². The Bertz CT molecular complexity index is 759. The van der Waals surface area contributed by atoms with Crippen molar-refractivity contribution in [1.29, 1.82) is 0 Å². The monoisotopic (exact) mass is 390 g/mol. The van der Waals surface area contributed by atoms with E-state index in [2.05, 4.69) is 5.32 Å². The van der Waals surface area contributed by atoms with E-state index in [0.717, 1.165) is 35.5 Å². The molecule has 3 rings (SSSR count). The Hall–Kier alpha value is -2.08. The molecular formula is C21H27ClN2O3. The third kappa shape index (κ3) is 5.22. The molecule has 1 aliphatic rings. The predicted octanol–water partition coefficient (Wildman–Crippen LogP) is 3.07. The lowest BCUT2D eigenvalue weighted by molar-refractivity contribution is -0.126. The highest BCUT2D eigenvalue weighted by Crippen LogP contribution is 2.24. The van der Waals surface area contributed by atoms with Gasteiger partial charge >= 0.3 is 0 Å². The standard InChI is InChI=1S/C21H26N2O3.ClH/c1-15-8-9-16(19(12-15)26-18-10-11-25-14-18)13-23-20(24)21(2,22)17-6-4-3-5-7-17;/h3-9,12,18H,10-11,13-14,22H2,1-2H3,(H,23,24);1H. The lowest BCUT2D eigenvalue weighted by Gasteiger charge is -2.24. The second-order valence-corrected chi connectivity index (χ2v) is 6.97. The van der Waals surface area contributed by atoms with E-state index < -0.39 is 5.54 Å². The van der Waals surface area contributed by atoms with Gasteiger partial charge in [0.1, 0.15) is 17.4 Å². The fourth-order valence-electron chi connectivity index (χ4n) is 2.98. The molecule has 1 saturated heterocycles. The van der Waals surface area contributed by atoms with Crippen molar-refractivity contribution in [2.45, 2.75) is 38.5 Å². The van der Waals surface area contributed by atoms with Gasteiger partial charge in [0.05, 0.1) is 13.2 Å². The third-order valence-electron chi connectivity index (χ3n) is 4.69. The van der Waals surface area contributed by atoms with Crippen LogP contribution in [-0.4, -0.2) is 25.2 Å². The molecule has 2 aromatic rings. The van der Waals surface area contributed by atoms with E-state index in [0.29, 0.717) is 13.2 Å². The summed E-state index contributed by atoms with van der Waals surface area (Å²) in [6.07, 6.45) is 0.949. The summed E-state index contributed by atoms with van der Waals surface area (Å²) < 4.78 is 11.5. The highest BCUT2D eigenvalue weighted by molar-refractivity contribution is 5.87. The molecule has 0 aliphatic carbocycles. The Morgan fingerprint density at radius 1 is 1.30 bits per heavy atom. The largest absolute Gasteiger partial charge is 0.488 e. The van der Waals surface area contributed by atoms with Gasteiger partial charge in [-0.05, 0) is 31.0 Å². The van der Waals surface area contributed by atoms with E-state index in [4.69, 9.17) is 15.2 Å². The zero-order valence-corrected chi connectivity index (χ0v) is 16.6. The summed E-state index contributed by atoms with van der Waals surface area (Å²) in [6, 6.07) is 15.4. The van der Waals surface area contributed by atoms with Gasteiger partial charge < -0.3 is 20.5 Å². The molecule has 146 valence electrons. The molecule has 1 heterocycles. The van der Waals surface area contributed by atoms with Gasteiger partial charge in [0, 0.05) is 18.5 Å². The van der Waals surface area contributed by atoms with Gasteiger partial charge in [0.2, 0.25) is 5.91 Å². The van der Waals surface area contributed by atoms with Crippen molar-refractivity contribution in [3.8, 4) is 5.75 Å². The number of halogens is 1. The van der Waals surface area contributed by atoms with E-state index in [1.54, 1.807) is 6.92 Å². The lowest BCUT2D eigenvalue weighted by atomic mass is 9.92. The van der Waals surface area contributed by atoms with Crippen LogP contribution in [0.15, 0.2) is 48.5 Å². The molecule has 0 bridgehead atoms. The fraction of sp³-hybridized carbons (Fsp3) is 0.381. The minimum Gasteiger partial charge on any atom is -0.488 e. The summed E-state index contributed by atoms with van der Waals surface area (Å²) in [5.74, 6) is 0.568. The van der Waals surface area contributed by atoms with Crippen LogP contribution in [0.3, 0.4) is 0 Å². The van der Waals surface area contributed by atoms with E-state index in [1.165, 1.54) is 0 Å². The number of rotatable bonds is 6. The van der Waals surface area contributed by atoms with E-state index >= 15 is 0 Å². The number of benzene rings is 2. The van der Waals surface area contributed by atoms with Gasteiger partial charge in [-0.15, -0.1) is 12.4 Å². The van der Waals surface area contributed by atoms with Crippen LogP contribution in [0.1, 0.15) is 30.0 Å². The Labute approximate surface area is 166 Å². The minimum absolute atomic E-state index is 0. The second kappa shape index (κ2) is 9.22. The Balaban J connectivity index is 0.00000261. The van der Waals surface area contributed by atoms with Crippen LogP contribution in [0, 0.1) is 6.92 Å². The molecule has 6 heteroatoms. The number of hydrogen-bond acceptors (Lipinski definition) is 4. The molecule has 2 unspecified atom stereocenters. The molecule has 27 heavy (non-hydrogen) atoms. The zero-order valence-electron chi connectivity index (χ0n) is 15.7. The van der Waals surface area contributed by atoms with E-state index in [-0.39, 0.29) is 24.4 Å². The van der Waals surface area contributed by atoms with Gasteiger partial charge in [-0.25, -0.2) is 0 Å². The highest BCUT2D eigenvalue weighted by Gasteiger charge is 2.30. The fourth-order valence-corrected chi connectivity index (χ4v) is 2.98. The summed E-state index contributed by atoms with van der Waals surface area (Å²) in [5, 5.41) is 2.95. The maximum absolute atomic E-state index is 12.7. The van der Waals surface area contributed by atoms with Crippen molar-refractivity contribution < 1.29 is 14.3 Å². The molecule has 1 fully saturated rings. The number of nitrogens with one attached hydrogen (secondary N) is 1. The number of aryl methyl sites for hydroxylation is 1. The van der Waals surface area contributed by atoms with Gasteiger partial charge in [-0.2, -0.15) is 0 Å². The number of nitrogens with two attached hydrogens (primary N) is 1. The average molecular weight is 391 g/mol. The van der Waals surface area contributed by atoms with Crippen LogP contribution in [0.25, 0.3) is 0 Å². The number of amides is 1. The average Bonchev–Trinajstić information content (AvgIpc) is 3.14. The van der Waals surface area contributed by atoms with Crippen LogP contribution in [-0.2, 0) is 21.6 Å². The van der Waals surface area contributed by atoms with Crippen LogP contribution >= 0.6 is 12.4 Å². The van der Waals surface area contributed by atoms with Crippen molar-refractivity contribution in [2.75, 3.05) is 13.2 Å². The Morgan fingerprint density at radius 3 is 2.70 bits per heavy atom. The summed E-state index contributed by atoms with van der Waals surface area (Å²) in [6.45, 7) is 5.44. The molecule has 0 spiro atoms. The van der Waals surface area contributed by atoms with Gasteiger partial charge in [0.15, 0.2) is 0 Å². The normalized spacial score (nSPS) is 18.3. The molecule has 0 radical (unpaired) electrons. The van der Waals surface area contributed by atoms with Crippen molar-refractivity contribution in [3.63, 3.8) is 0 Å². The molecule has 0 aromatic heterocycles. The zero-order chi connectivity index (χ0) is 18.6. The molecule has 1 aliphatic heterocycles. The number of hydrogen-bond donors (Lipinski definition) is 2. The Kier molecular flexibility index (Phi) is 7.25. The molecule has 1 amide bonds. The van der Waals surface area contributed by atoms with Crippen LogP contribution in [0.2, 0.25) is 0 Å². The minimum atomic E-state index is -1.09. The number of carbonyl (C=O) groups is 1. The number of ether oxygens (including phenoxy) is 2. The molecule has 5 nitrogen and oxygen atoms in total. The van der Waals surface area contributed by atoms with Crippen LogP contribution in [0.4, 0.5) is 0 Å². The maximum Gasteiger partial charge on any atom is 0.244 e. The van der Waals surface area contributed by atoms with Gasteiger partial charge in [-0.3, -0.25) is 4.79 Å². The molecular weight excluding hydrogens is 364 g/mol. The van der Waals surface area contributed by atoms with E-state index in [1.807, 2.05) is 55.5 Å². The molecule has 2 aromatic carbocycles. The van der Waals surface area contributed by atoms with Gasteiger partial charge in [-0.1, -0.05) is 42.5 Å². The maximum atomic E-state index is 12.7. The highest BCUT2D eigenvalue weighted by atomic mass is 35.5. The smallest absolute Gasteiger partial charge is 0.244 e. The first-order valence-electron chi connectivity index (χ1n) is 8.93. The first kappa shape index (κ1) is 21.2. The predicted molar refractivity (Wildman–Crippen MR) is 108 cm³/mol. The first-order valence-corrected chi connectivity index (χ1v) is 8.93. The van der Waals surface area contributed by atoms with Crippen LogP contribution in [0.5, 0.6) is 5.75 Å². The van der Waals surface area contributed by atoms with Crippen molar-refractivity contribution >= 4 is 18.3 Å². The summed E-state index contributed by atoms with van der Waals surface area (Å²) >= 11 is 0. The van der Waals surface area contributed by atoms with Crippen molar-refractivity contribution in [1.82, 2.24) is 5.32 Å². The summed E-state index contributed by atoms with van der Waals surface area (Å²) in [5.41, 5.74) is 8.01. The topological polar surface area (TPSA) is 73.6 Å². The lowest BCUT2D eigenvalue weighted by Crippen LogP contribution is -2.48. The Morgan fingerprint density at radius 2 is 2.04 bits per heavy atom. The second-order valence-electron chi connectivity index (χ2n) is 6.97. The van der Waals surface area contributed by atoms with E-state index in [9.17, 15) is 4.79 Å². The molecule has 3 N–H and O–H groups in total. The molecule has 2 atom stereocenters. The summed E-state index contributed by atoms with van der Waals surface area (Å²) in [4.78, 5) is 12.7. The molecule has 0 saturated carbocycles. The van der Waals surface area contributed by atoms with Crippen molar-refractivity contribution in [2.24, 2.45) is 5.73 Å². The van der Waals surface area contributed by atoms with Crippen molar-refractivity contribution in [3.05, 3.63) is 65.2 Å².